The standard InChI is InChI=1S/C17H21NOS.C9H20.C5H8O2.2C2H6.CH5NO/c1-4-5-12-20-17(14(2)3)16-8-6-15(7-9-16)13-18-10-11-19;1-4-5-6-7-8-9(2)3;1-3-4-7-5(2)6;2*1-2;1-3-2/h5-10,12,18H,4,13H2,1-3H3;9H,4-8H2,1-3H3;3H,1,4H2,2H3;2*1-2H3;2H2,1H3/b12-5-;;;;;. The molecule has 0 fully saturated rings. The van der Waals surface area contributed by atoms with E-state index in [1.165, 1.54) is 74.5 Å². The molecule has 0 aliphatic rings. The molecule has 43 heavy (non-hydrogen) atoms. The fourth-order valence-corrected chi connectivity index (χ4v) is 3.76. The van der Waals surface area contributed by atoms with Gasteiger partial charge in [0.25, 0.3) is 0 Å². The number of hydrogen-bond acceptors (Lipinski definition) is 7. The second kappa shape index (κ2) is 43.9. The monoisotopic (exact) mass is 622 g/mol. The molecule has 0 aliphatic heterocycles. The van der Waals surface area contributed by atoms with Crippen molar-refractivity contribution < 1.29 is 19.2 Å². The zero-order valence-corrected chi connectivity index (χ0v) is 30.5. The highest BCUT2D eigenvalue weighted by Gasteiger charge is 2.03. The number of rotatable bonds is 14. The third-order valence-corrected chi connectivity index (χ3v) is 5.90. The van der Waals surface area contributed by atoms with Crippen molar-refractivity contribution in [2.75, 3.05) is 13.7 Å². The smallest absolute Gasteiger partial charge is 0.302 e. The summed E-state index contributed by atoms with van der Waals surface area (Å²) in [6.45, 7) is 26.9. The van der Waals surface area contributed by atoms with Crippen molar-refractivity contribution in [2.45, 2.75) is 121 Å². The lowest BCUT2D eigenvalue weighted by molar-refractivity contribution is -0.139. The zero-order chi connectivity index (χ0) is 34.3. The van der Waals surface area contributed by atoms with E-state index in [0.29, 0.717) is 13.2 Å². The molecular weight excluding hydrogens is 556 g/mol. The molecule has 0 saturated carbocycles. The highest BCUT2D eigenvalue weighted by molar-refractivity contribution is 8.10. The van der Waals surface area contributed by atoms with Gasteiger partial charge in [-0.2, -0.15) is 0 Å². The molecule has 0 aromatic heterocycles. The van der Waals surface area contributed by atoms with Crippen LogP contribution in [0.2, 0.25) is 0 Å². The predicted molar refractivity (Wildman–Crippen MR) is 193 cm³/mol. The first-order valence-corrected chi connectivity index (χ1v) is 16.5. The summed E-state index contributed by atoms with van der Waals surface area (Å²) in [4.78, 5) is 25.1. The minimum Gasteiger partial charge on any atom is -0.462 e. The first-order valence-electron chi connectivity index (χ1n) is 15.6. The van der Waals surface area contributed by atoms with Crippen molar-refractivity contribution >= 4 is 28.6 Å². The summed E-state index contributed by atoms with van der Waals surface area (Å²) in [6, 6.07) is 8.40. The van der Waals surface area contributed by atoms with Gasteiger partial charge in [0.15, 0.2) is 0 Å². The molecule has 250 valence electrons. The molecule has 0 heterocycles. The average Bonchev–Trinajstić information content (AvgIpc) is 3.00. The number of esters is 1. The summed E-state index contributed by atoms with van der Waals surface area (Å²) in [5, 5.41) is 5.03. The van der Waals surface area contributed by atoms with E-state index in [2.05, 4.69) is 105 Å². The first-order chi connectivity index (χ1) is 20.6. The molecule has 0 radical (unpaired) electrons. The number of carbonyl (C=O) groups is 1. The van der Waals surface area contributed by atoms with E-state index in [9.17, 15) is 9.59 Å². The van der Waals surface area contributed by atoms with Gasteiger partial charge in [0, 0.05) is 18.4 Å². The lowest BCUT2D eigenvalue weighted by atomic mass is 10.1. The molecular formula is C36H66N2O4S. The number of nitrogens with two attached hydrogens (primary N) is 1. The summed E-state index contributed by atoms with van der Waals surface area (Å²) >= 11 is 1.76. The van der Waals surface area contributed by atoms with E-state index in [-0.39, 0.29) is 5.97 Å². The Labute approximate surface area is 270 Å². The van der Waals surface area contributed by atoms with Crippen LogP contribution in [-0.4, -0.2) is 25.6 Å². The van der Waals surface area contributed by atoms with Crippen LogP contribution in [0.25, 0.3) is 4.91 Å². The lowest BCUT2D eigenvalue weighted by Crippen LogP contribution is -2.04. The fourth-order valence-electron chi connectivity index (χ4n) is 2.83. The maximum absolute atomic E-state index is 10.1. The Morgan fingerprint density at radius 3 is 1.98 bits per heavy atom. The number of hydrogen-bond donors (Lipinski definition) is 2. The topological polar surface area (TPSA) is 90.6 Å². The third-order valence-electron chi connectivity index (χ3n) is 4.69. The summed E-state index contributed by atoms with van der Waals surface area (Å²) in [5.41, 5.74) is 3.68. The van der Waals surface area contributed by atoms with E-state index in [4.69, 9.17) is 0 Å². The molecule has 7 heteroatoms. The van der Waals surface area contributed by atoms with E-state index >= 15 is 0 Å². The Morgan fingerprint density at radius 1 is 1.05 bits per heavy atom. The fraction of sp³-hybridized carbons (Fsp3) is 0.583. The number of carbonyl (C=O) groups excluding carboxylic acids is 2. The van der Waals surface area contributed by atoms with Crippen LogP contribution in [0.4, 0.5) is 0 Å². The lowest BCUT2D eigenvalue weighted by Gasteiger charge is -2.09. The Bertz CT molecular complexity index is 824. The SMILES string of the molecule is C=CCOC(C)=O.CC.CC.CC/C=C\SC(=C(C)C)c1ccc(CNC=C=O)cc1.CCCCCCC(C)C.CON. The molecule has 0 amide bonds. The highest BCUT2D eigenvalue weighted by Crippen LogP contribution is 2.31. The van der Waals surface area contributed by atoms with Crippen LogP contribution in [0.3, 0.4) is 0 Å². The largest absolute Gasteiger partial charge is 0.462 e. The van der Waals surface area contributed by atoms with Crippen LogP contribution >= 0.6 is 11.8 Å². The van der Waals surface area contributed by atoms with Gasteiger partial charge in [0.05, 0.1) is 13.3 Å². The van der Waals surface area contributed by atoms with Gasteiger partial charge >= 0.3 is 5.97 Å². The maximum atomic E-state index is 10.1. The van der Waals surface area contributed by atoms with Gasteiger partial charge in [0.1, 0.15) is 12.5 Å². The van der Waals surface area contributed by atoms with E-state index in [0.717, 1.165) is 17.9 Å². The van der Waals surface area contributed by atoms with Gasteiger partial charge in [-0.3, -0.25) is 4.79 Å². The zero-order valence-electron chi connectivity index (χ0n) is 29.7. The minimum atomic E-state index is -0.264. The number of ether oxygens (including phenoxy) is 1. The summed E-state index contributed by atoms with van der Waals surface area (Å²) in [6.07, 6.45) is 13.1. The summed E-state index contributed by atoms with van der Waals surface area (Å²) in [5.74, 6) is 6.69. The molecule has 0 aliphatic carbocycles. The van der Waals surface area contributed by atoms with Crippen LogP contribution in [0.15, 0.2) is 60.2 Å². The van der Waals surface area contributed by atoms with Crippen molar-refractivity contribution in [1.29, 1.82) is 0 Å². The Balaban J connectivity index is -0.000000174. The molecule has 0 saturated heterocycles. The number of nitrogens with one attached hydrogen (secondary N) is 1. The summed E-state index contributed by atoms with van der Waals surface area (Å²) in [7, 11) is 1.40. The second-order valence-corrected chi connectivity index (χ2v) is 10.1. The quantitative estimate of drug-likeness (QED) is 0.0701. The Morgan fingerprint density at radius 2 is 1.60 bits per heavy atom. The number of thioether (sulfide) groups is 1. The number of benzene rings is 1. The van der Waals surface area contributed by atoms with Crippen molar-refractivity contribution in [3.8, 4) is 0 Å². The van der Waals surface area contributed by atoms with Gasteiger partial charge < -0.3 is 14.9 Å². The second-order valence-electron chi connectivity index (χ2n) is 9.14. The molecule has 0 unspecified atom stereocenters. The molecule has 3 N–H and O–H groups in total. The minimum absolute atomic E-state index is 0.264. The van der Waals surface area contributed by atoms with E-state index in [1.807, 2.05) is 27.7 Å². The highest BCUT2D eigenvalue weighted by atomic mass is 32.2. The van der Waals surface area contributed by atoms with Gasteiger partial charge in [-0.1, -0.05) is 148 Å². The van der Waals surface area contributed by atoms with Crippen molar-refractivity contribution in [3.05, 3.63) is 71.3 Å². The van der Waals surface area contributed by atoms with Crippen molar-refractivity contribution in [1.82, 2.24) is 5.32 Å². The number of unbranched alkanes of at least 4 members (excludes halogenated alkanes) is 3. The molecule has 6 nitrogen and oxygen atoms in total. The van der Waals surface area contributed by atoms with Crippen molar-refractivity contribution in [2.24, 2.45) is 11.8 Å². The number of allylic oxidation sites excluding steroid dienone is 2. The van der Waals surface area contributed by atoms with Crippen LogP contribution < -0.4 is 11.2 Å². The Hall–Kier alpha value is -2.57. The molecule has 1 aromatic carbocycles. The average molecular weight is 623 g/mol. The summed E-state index contributed by atoms with van der Waals surface area (Å²) < 4.78 is 4.43. The third kappa shape index (κ3) is 44.0. The van der Waals surface area contributed by atoms with Crippen LogP contribution in [-0.2, 0) is 25.7 Å². The van der Waals surface area contributed by atoms with Gasteiger partial charge in [-0.25, -0.2) is 10.7 Å². The van der Waals surface area contributed by atoms with E-state index < -0.39 is 0 Å². The van der Waals surface area contributed by atoms with E-state index in [1.54, 1.807) is 17.7 Å². The normalized spacial score (nSPS) is 8.88. The van der Waals surface area contributed by atoms with Crippen molar-refractivity contribution in [3.63, 3.8) is 0 Å². The molecule has 1 rings (SSSR count). The molecule has 1 aromatic rings. The first kappa shape index (κ1) is 50.1. The van der Waals surface area contributed by atoms with Gasteiger partial charge in [-0.15, -0.1) is 0 Å². The van der Waals surface area contributed by atoms with Crippen LogP contribution in [0, 0.1) is 5.92 Å². The van der Waals surface area contributed by atoms with Gasteiger partial charge in [0.2, 0.25) is 0 Å². The predicted octanol–water partition coefficient (Wildman–Crippen LogP) is 10.4. The Kier molecular flexibility index (Phi) is 51.1. The maximum Gasteiger partial charge on any atom is 0.302 e. The molecule has 0 bridgehead atoms. The van der Waals surface area contributed by atoms with Crippen LogP contribution in [0.1, 0.15) is 126 Å². The van der Waals surface area contributed by atoms with Crippen LogP contribution in [0.5, 0.6) is 0 Å². The van der Waals surface area contributed by atoms with Gasteiger partial charge in [-0.05, 0) is 42.7 Å². The molecule has 0 spiro atoms. The molecule has 0 atom stereocenters.